The Morgan fingerprint density at radius 3 is 2.82 bits per heavy atom. The fourth-order valence-electron chi connectivity index (χ4n) is 1.69. The van der Waals surface area contributed by atoms with Crippen molar-refractivity contribution in [1.29, 1.82) is 0 Å². The minimum atomic E-state index is -0.874. The predicted molar refractivity (Wildman–Crippen MR) is 61.3 cm³/mol. The summed E-state index contributed by atoms with van der Waals surface area (Å²) in [5, 5.41) is 12.6. The van der Waals surface area contributed by atoms with Crippen LogP contribution in [0, 0.1) is 0 Å². The van der Waals surface area contributed by atoms with Crippen LogP contribution in [0.15, 0.2) is 29.4 Å². The van der Waals surface area contributed by atoms with Crippen LogP contribution in [0.4, 0.5) is 0 Å². The van der Waals surface area contributed by atoms with Crippen molar-refractivity contribution >= 4 is 11.7 Å². The Kier molecular flexibility index (Phi) is 3.27. The lowest BCUT2D eigenvalue weighted by atomic mass is 10.0. The van der Waals surface area contributed by atoms with Gasteiger partial charge in [0.05, 0.1) is 19.2 Å². The average Bonchev–Trinajstić information content (AvgIpc) is 2.77. The van der Waals surface area contributed by atoms with Gasteiger partial charge in [-0.3, -0.25) is 4.79 Å². The largest absolute Gasteiger partial charge is 0.497 e. The van der Waals surface area contributed by atoms with Gasteiger partial charge < -0.3 is 14.7 Å². The maximum absolute atomic E-state index is 10.5. The van der Waals surface area contributed by atoms with E-state index in [0.29, 0.717) is 6.42 Å². The van der Waals surface area contributed by atoms with Crippen LogP contribution in [0.5, 0.6) is 5.75 Å². The van der Waals surface area contributed by atoms with Gasteiger partial charge in [0, 0.05) is 6.42 Å². The number of carboxylic acids is 1. The Morgan fingerprint density at radius 2 is 2.24 bits per heavy atom. The lowest BCUT2D eigenvalue weighted by molar-refractivity contribution is -0.139. The molecule has 0 fully saturated rings. The standard InChI is InChI=1S/C12H13NO4/c1-16-9-4-2-8(3-5-9)11-6-10(17-13-11)7-12(14)15/h2-5,10H,6-7H2,1H3,(H,14,15). The molecular weight excluding hydrogens is 222 g/mol. The molecule has 17 heavy (non-hydrogen) atoms. The quantitative estimate of drug-likeness (QED) is 0.861. The first-order valence-electron chi connectivity index (χ1n) is 5.28. The molecule has 0 saturated heterocycles. The molecule has 1 unspecified atom stereocenters. The summed E-state index contributed by atoms with van der Waals surface area (Å²) in [5.74, 6) is -0.100. The lowest BCUT2D eigenvalue weighted by Crippen LogP contribution is -2.13. The zero-order valence-electron chi connectivity index (χ0n) is 9.42. The number of oxime groups is 1. The van der Waals surface area contributed by atoms with Gasteiger partial charge >= 0.3 is 5.97 Å². The molecule has 1 aromatic rings. The van der Waals surface area contributed by atoms with Crippen LogP contribution in [0.25, 0.3) is 0 Å². The number of ether oxygens (including phenoxy) is 1. The van der Waals surface area contributed by atoms with E-state index >= 15 is 0 Å². The van der Waals surface area contributed by atoms with Gasteiger partial charge in [0.1, 0.15) is 11.9 Å². The summed E-state index contributed by atoms with van der Waals surface area (Å²) in [6, 6.07) is 7.43. The first-order valence-corrected chi connectivity index (χ1v) is 5.28. The van der Waals surface area contributed by atoms with Gasteiger partial charge in [0.15, 0.2) is 0 Å². The fraction of sp³-hybridized carbons (Fsp3) is 0.333. The molecular formula is C12H13NO4. The number of carbonyl (C=O) groups is 1. The Balaban J connectivity index is 2.02. The van der Waals surface area contributed by atoms with Crippen molar-refractivity contribution in [2.24, 2.45) is 5.16 Å². The highest BCUT2D eigenvalue weighted by atomic mass is 16.6. The maximum Gasteiger partial charge on any atom is 0.307 e. The Morgan fingerprint density at radius 1 is 1.53 bits per heavy atom. The van der Waals surface area contributed by atoms with E-state index in [0.717, 1.165) is 17.0 Å². The smallest absolute Gasteiger partial charge is 0.307 e. The molecule has 0 radical (unpaired) electrons. The van der Waals surface area contributed by atoms with Gasteiger partial charge in [-0.05, 0) is 29.8 Å². The van der Waals surface area contributed by atoms with Gasteiger partial charge in [0.25, 0.3) is 0 Å². The first-order chi connectivity index (χ1) is 8.19. The molecule has 1 atom stereocenters. The van der Waals surface area contributed by atoms with Gasteiger partial charge in [-0.25, -0.2) is 0 Å². The van der Waals surface area contributed by atoms with Crippen molar-refractivity contribution in [3.05, 3.63) is 29.8 Å². The molecule has 1 aromatic carbocycles. The summed E-state index contributed by atoms with van der Waals surface area (Å²) < 4.78 is 5.06. The van der Waals surface area contributed by atoms with Crippen LogP contribution in [0.2, 0.25) is 0 Å². The van der Waals surface area contributed by atoms with E-state index in [4.69, 9.17) is 14.7 Å². The monoisotopic (exact) mass is 235 g/mol. The summed E-state index contributed by atoms with van der Waals surface area (Å²) >= 11 is 0. The fourth-order valence-corrected chi connectivity index (χ4v) is 1.69. The molecule has 2 rings (SSSR count). The van der Waals surface area contributed by atoms with E-state index in [1.54, 1.807) is 7.11 Å². The molecule has 5 nitrogen and oxygen atoms in total. The van der Waals surface area contributed by atoms with Crippen molar-refractivity contribution in [3.63, 3.8) is 0 Å². The summed E-state index contributed by atoms with van der Waals surface area (Å²) in [6.07, 6.45) is 0.145. The predicted octanol–water partition coefficient (Wildman–Crippen LogP) is 1.66. The second-order valence-electron chi connectivity index (χ2n) is 3.80. The second kappa shape index (κ2) is 4.86. The van der Waals surface area contributed by atoms with Crippen LogP contribution in [0.3, 0.4) is 0 Å². The third kappa shape index (κ3) is 2.75. The Labute approximate surface area is 98.6 Å². The van der Waals surface area contributed by atoms with Crippen LogP contribution in [0.1, 0.15) is 18.4 Å². The zero-order chi connectivity index (χ0) is 12.3. The van der Waals surface area contributed by atoms with E-state index in [1.165, 1.54) is 0 Å². The second-order valence-corrected chi connectivity index (χ2v) is 3.80. The zero-order valence-corrected chi connectivity index (χ0v) is 9.42. The van der Waals surface area contributed by atoms with Gasteiger partial charge in [-0.2, -0.15) is 0 Å². The van der Waals surface area contributed by atoms with E-state index in [9.17, 15) is 4.79 Å². The molecule has 0 spiro atoms. The van der Waals surface area contributed by atoms with Crippen molar-refractivity contribution in [1.82, 2.24) is 0 Å². The summed E-state index contributed by atoms with van der Waals surface area (Å²) in [4.78, 5) is 15.6. The molecule has 5 heteroatoms. The highest BCUT2D eigenvalue weighted by molar-refractivity contribution is 6.01. The molecule has 0 aromatic heterocycles. The topological polar surface area (TPSA) is 68.1 Å². The third-order valence-electron chi connectivity index (χ3n) is 2.56. The number of rotatable bonds is 4. The highest BCUT2D eigenvalue weighted by Crippen LogP contribution is 2.20. The number of carboxylic acid groups (broad SMARTS) is 1. The lowest BCUT2D eigenvalue weighted by Gasteiger charge is -2.03. The van der Waals surface area contributed by atoms with E-state index in [1.807, 2.05) is 24.3 Å². The van der Waals surface area contributed by atoms with Crippen molar-refractivity contribution < 1.29 is 19.5 Å². The average molecular weight is 235 g/mol. The van der Waals surface area contributed by atoms with Crippen LogP contribution < -0.4 is 4.74 Å². The molecule has 0 amide bonds. The summed E-state index contributed by atoms with van der Waals surface area (Å²) in [7, 11) is 1.61. The molecule has 0 bridgehead atoms. The molecule has 0 saturated carbocycles. The van der Waals surface area contributed by atoms with E-state index in [2.05, 4.69) is 5.16 Å². The number of nitrogens with zero attached hydrogens (tertiary/aromatic N) is 1. The van der Waals surface area contributed by atoms with Crippen LogP contribution >= 0.6 is 0 Å². The van der Waals surface area contributed by atoms with Gasteiger partial charge in [0.2, 0.25) is 0 Å². The number of hydrogen-bond donors (Lipinski definition) is 1. The van der Waals surface area contributed by atoms with Gasteiger partial charge in [-0.15, -0.1) is 0 Å². The van der Waals surface area contributed by atoms with E-state index < -0.39 is 5.97 Å². The SMILES string of the molecule is COc1ccc(C2=NOC(CC(=O)O)C2)cc1. The minimum absolute atomic E-state index is 0.0246. The number of benzene rings is 1. The molecule has 1 aliphatic heterocycles. The van der Waals surface area contributed by atoms with E-state index in [-0.39, 0.29) is 12.5 Å². The molecule has 1 heterocycles. The number of methoxy groups -OCH3 is 1. The number of aliphatic carboxylic acids is 1. The van der Waals surface area contributed by atoms with Crippen molar-refractivity contribution in [2.75, 3.05) is 7.11 Å². The molecule has 0 aliphatic carbocycles. The highest BCUT2D eigenvalue weighted by Gasteiger charge is 2.24. The third-order valence-corrected chi connectivity index (χ3v) is 2.56. The normalized spacial score (nSPS) is 18.4. The van der Waals surface area contributed by atoms with Crippen molar-refractivity contribution in [2.45, 2.75) is 18.9 Å². The summed E-state index contributed by atoms with van der Waals surface area (Å²) in [5.41, 5.74) is 1.71. The minimum Gasteiger partial charge on any atom is -0.497 e. The van der Waals surface area contributed by atoms with Crippen LogP contribution in [-0.2, 0) is 9.63 Å². The molecule has 1 N–H and O–H groups in total. The summed E-state index contributed by atoms with van der Waals surface area (Å²) in [6.45, 7) is 0. The molecule has 1 aliphatic rings. The molecule has 90 valence electrons. The van der Waals surface area contributed by atoms with Crippen molar-refractivity contribution in [3.8, 4) is 5.75 Å². The van der Waals surface area contributed by atoms with Gasteiger partial charge in [-0.1, -0.05) is 5.16 Å². The Hall–Kier alpha value is -2.04. The Bertz CT molecular complexity index is 438. The first kappa shape index (κ1) is 11.4. The maximum atomic E-state index is 10.5. The number of hydrogen-bond acceptors (Lipinski definition) is 4. The van der Waals surface area contributed by atoms with Crippen LogP contribution in [-0.4, -0.2) is 30.0 Å².